The standard InChI is InChI=1S/C27H25FN4O2S/c1-4-31-26-24(16(2)30-32(26)20-8-6-5-7-9-20)25(18-10-12-19(28)13-11-18)21(27(31)34)14-23(33)22-15-35-17(3)29-22/h5-13,15,21,25H,4,14H2,1-3H3/t21-,25+/m0/s1. The van der Waals surface area contributed by atoms with Crippen LogP contribution in [0.15, 0.2) is 60.0 Å². The van der Waals surface area contributed by atoms with Crippen molar-refractivity contribution in [2.45, 2.75) is 33.1 Å². The first kappa shape index (κ1) is 23.1. The smallest absolute Gasteiger partial charge is 0.232 e. The van der Waals surface area contributed by atoms with Gasteiger partial charge >= 0.3 is 0 Å². The zero-order valence-electron chi connectivity index (χ0n) is 19.7. The van der Waals surface area contributed by atoms with Crippen LogP contribution in [0.4, 0.5) is 10.2 Å². The molecular weight excluding hydrogens is 463 g/mol. The van der Waals surface area contributed by atoms with Crippen LogP contribution in [0.25, 0.3) is 5.69 Å². The van der Waals surface area contributed by atoms with E-state index in [4.69, 9.17) is 5.10 Å². The molecule has 6 nitrogen and oxygen atoms in total. The van der Waals surface area contributed by atoms with Gasteiger partial charge in [-0.05, 0) is 50.6 Å². The Morgan fingerprint density at radius 3 is 2.43 bits per heavy atom. The number of fused-ring (bicyclic) bond motifs is 1. The molecule has 0 saturated carbocycles. The molecule has 3 heterocycles. The second-order valence-corrected chi connectivity index (χ2v) is 9.73. The number of rotatable bonds is 6. The molecule has 0 spiro atoms. The Morgan fingerprint density at radius 1 is 1.09 bits per heavy atom. The van der Waals surface area contributed by atoms with Crippen LogP contribution in [0.3, 0.4) is 0 Å². The van der Waals surface area contributed by atoms with Crippen LogP contribution in [0, 0.1) is 25.6 Å². The lowest BCUT2D eigenvalue weighted by Crippen LogP contribution is -2.45. The number of aryl methyl sites for hydroxylation is 2. The molecule has 8 heteroatoms. The summed E-state index contributed by atoms with van der Waals surface area (Å²) in [6.07, 6.45) is 0.00987. The molecular formula is C27H25FN4O2S. The molecule has 0 aliphatic carbocycles. The minimum absolute atomic E-state index is 0.00987. The van der Waals surface area contributed by atoms with Crippen molar-refractivity contribution >= 4 is 28.8 Å². The van der Waals surface area contributed by atoms with Gasteiger partial charge in [0, 0.05) is 29.8 Å². The van der Waals surface area contributed by atoms with Crippen molar-refractivity contribution < 1.29 is 14.0 Å². The number of hydrogen-bond donors (Lipinski definition) is 0. The first-order valence-corrected chi connectivity index (χ1v) is 12.4. The number of amides is 1. The number of anilines is 1. The van der Waals surface area contributed by atoms with Gasteiger partial charge < -0.3 is 0 Å². The Kier molecular flexibility index (Phi) is 6.06. The fourth-order valence-electron chi connectivity index (χ4n) is 4.92. The molecule has 1 amide bonds. The van der Waals surface area contributed by atoms with Crippen LogP contribution in [0.2, 0.25) is 0 Å². The lowest BCUT2D eigenvalue weighted by molar-refractivity contribution is -0.123. The van der Waals surface area contributed by atoms with E-state index in [0.29, 0.717) is 18.1 Å². The number of carbonyl (C=O) groups excluding carboxylic acids is 2. The van der Waals surface area contributed by atoms with Crippen LogP contribution in [-0.4, -0.2) is 33.0 Å². The van der Waals surface area contributed by atoms with Crippen LogP contribution < -0.4 is 4.90 Å². The number of aromatic nitrogens is 3. The van der Waals surface area contributed by atoms with E-state index >= 15 is 0 Å². The van der Waals surface area contributed by atoms with Crippen molar-refractivity contribution in [3.8, 4) is 5.69 Å². The molecule has 35 heavy (non-hydrogen) atoms. The summed E-state index contributed by atoms with van der Waals surface area (Å²) in [6.45, 7) is 6.11. The van der Waals surface area contributed by atoms with E-state index < -0.39 is 11.8 Å². The molecule has 0 radical (unpaired) electrons. The molecule has 1 aliphatic rings. The number of carbonyl (C=O) groups is 2. The highest BCUT2D eigenvalue weighted by molar-refractivity contribution is 7.09. The zero-order chi connectivity index (χ0) is 24.7. The number of nitrogens with zero attached hydrogens (tertiary/aromatic N) is 4. The van der Waals surface area contributed by atoms with Crippen molar-refractivity contribution in [1.29, 1.82) is 0 Å². The lowest BCUT2D eigenvalue weighted by atomic mass is 9.74. The number of Topliss-reactive ketones (excluding diaryl/α,β-unsaturated/α-hetero) is 1. The van der Waals surface area contributed by atoms with Gasteiger partial charge in [0.05, 0.1) is 22.3 Å². The summed E-state index contributed by atoms with van der Waals surface area (Å²) in [6, 6.07) is 15.8. The van der Waals surface area contributed by atoms with Gasteiger partial charge in [0.25, 0.3) is 0 Å². The molecule has 0 bridgehead atoms. The molecule has 2 aromatic heterocycles. The average molecular weight is 489 g/mol. The number of halogens is 1. The maximum Gasteiger partial charge on any atom is 0.232 e. The molecule has 1 aliphatic heterocycles. The second kappa shape index (κ2) is 9.19. The Labute approximate surface area is 207 Å². The van der Waals surface area contributed by atoms with E-state index in [1.165, 1.54) is 23.5 Å². The van der Waals surface area contributed by atoms with Gasteiger partial charge in [0.2, 0.25) is 5.91 Å². The first-order valence-electron chi connectivity index (χ1n) is 11.6. The van der Waals surface area contributed by atoms with Crippen molar-refractivity contribution in [2.75, 3.05) is 11.4 Å². The predicted molar refractivity (Wildman–Crippen MR) is 134 cm³/mol. The maximum absolute atomic E-state index is 14.0. The lowest BCUT2D eigenvalue weighted by Gasteiger charge is -2.38. The Bertz CT molecular complexity index is 1390. The molecule has 178 valence electrons. The van der Waals surface area contributed by atoms with Gasteiger partial charge in [0.1, 0.15) is 17.3 Å². The first-order chi connectivity index (χ1) is 16.9. The van der Waals surface area contributed by atoms with Gasteiger partial charge in [-0.2, -0.15) is 5.10 Å². The molecule has 4 aromatic rings. The highest BCUT2D eigenvalue weighted by Crippen LogP contribution is 2.47. The summed E-state index contributed by atoms with van der Waals surface area (Å²) in [7, 11) is 0. The maximum atomic E-state index is 14.0. The number of para-hydroxylation sites is 1. The summed E-state index contributed by atoms with van der Waals surface area (Å²) in [5, 5.41) is 7.35. The van der Waals surface area contributed by atoms with Gasteiger partial charge in [-0.1, -0.05) is 30.3 Å². The highest BCUT2D eigenvalue weighted by atomic mass is 32.1. The Morgan fingerprint density at radius 2 is 1.80 bits per heavy atom. The molecule has 5 rings (SSSR count). The molecule has 2 aromatic carbocycles. The minimum atomic E-state index is -0.658. The van der Waals surface area contributed by atoms with Crippen LogP contribution in [0.5, 0.6) is 0 Å². The summed E-state index contributed by atoms with van der Waals surface area (Å²) >= 11 is 1.41. The average Bonchev–Trinajstić information content (AvgIpc) is 3.44. The topological polar surface area (TPSA) is 68.1 Å². The summed E-state index contributed by atoms with van der Waals surface area (Å²) in [5.74, 6) is -1.08. The van der Waals surface area contributed by atoms with Crippen LogP contribution in [0.1, 0.15) is 51.6 Å². The van der Waals surface area contributed by atoms with Crippen LogP contribution in [-0.2, 0) is 4.79 Å². The van der Waals surface area contributed by atoms with Crippen molar-refractivity contribution in [1.82, 2.24) is 14.8 Å². The number of thiazole rings is 1. The molecule has 0 N–H and O–H groups in total. The third kappa shape index (κ3) is 4.08. The molecule has 0 saturated heterocycles. The second-order valence-electron chi connectivity index (χ2n) is 8.67. The van der Waals surface area contributed by atoms with Gasteiger partial charge in [-0.3, -0.25) is 14.5 Å². The van der Waals surface area contributed by atoms with E-state index in [1.54, 1.807) is 27.1 Å². The highest BCUT2D eigenvalue weighted by Gasteiger charge is 2.45. The minimum Gasteiger partial charge on any atom is -0.296 e. The van der Waals surface area contributed by atoms with Crippen molar-refractivity contribution in [3.05, 3.63) is 93.3 Å². The van der Waals surface area contributed by atoms with Gasteiger partial charge in [0.15, 0.2) is 5.78 Å². The fraction of sp³-hybridized carbons (Fsp3) is 0.259. The van der Waals surface area contributed by atoms with E-state index in [1.807, 2.05) is 51.1 Å². The third-order valence-corrected chi connectivity index (χ3v) is 7.26. The van der Waals surface area contributed by atoms with E-state index in [9.17, 15) is 14.0 Å². The van der Waals surface area contributed by atoms with Crippen LogP contribution >= 0.6 is 11.3 Å². The SMILES string of the molecule is CCN1C(=O)[C@@H](CC(=O)c2csc(C)n2)[C@@H](c2ccc(F)cc2)c2c(C)nn(-c3ccccc3)c21. The third-order valence-electron chi connectivity index (χ3n) is 6.49. The number of benzene rings is 2. The monoisotopic (exact) mass is 488 g/mol. The largest absolute Gasteiger partial charge is 0.296 e. The molecule has 2 atom stereocenters. The fourth-order valence-corrected chi connectivity index (χ4v) is 5.54. The summed E-state index contributed by atoms with van der Waals surface area (Å²) in [5.41, 5.74) is 3.65. The van der Waals surface area contributed by atoms with Gasteiger partial charge in [-0.25, -0.2) is 14.1 Å². The number of ketones is 1. The summed E-state index contributed by atoms with van der Waals surface area (Å²) < 4.78 is 15.6. The number of hydrogen-bond acceptors (Lipinski definition) is 5. The Hall–Kier alpha value is -3.65. The predicted octanol–water partition coefficient (Wildman–Crippen LogP) is 5.47. The normalized spacial score (nSPS) is 17.5. The quantitative estimate of drug-likeness (QED) is 0.338. The van der Waals surface area contributed by atoms with Crippen molar-refractivity contribution in [3.63, 3.8) is 0 Å². The molecule has 0 unspecified atom stereocenters. The van der Waals surface area contributed by atoms with E-state index in [-0.39, 0.29) is 23.9 Å². The molecule has 0 fully saturated rings. The zero-order valence-corrected chi connectivity index (χ0v) is 20.6. The van der Waals surface area contributed by atoms with E-state index in [0.717, 1.165) is 27.5 Å². The van der Waals surface area contributed by atoms with Crippen molar-refractivity contribution in [2.24, 2.45) is 5.92 Å². The summed E-state index contributed by atoms with van der Waals surface area (Å²) in [4.78, 5) is 33.2. The van der Waals surface area contributed by atoms with E-state index in [2.05, 4.69) is 4.98 Å². The Balaban J connectivity index is 1.69. The van der Waals surface area contributed by atoms with Gasteiger partial charge in [-0.15, -0.1) is 11.3 Å².